The number of unbranched alkanes of at least 4 members (excludes halogenated alkanes) is 3. The van der Waals surface area contributed by atoms with Gasteiger partial charge >= 0.3 is 5.97 Å². The van der Waals surface area contributed by atoms with Crippen molar-refractivity contribution in [1.82, 2.24) is 9.97 Å². The van der Waals surface area contributed by atoms with Gasteiger partial charge in [-0.2, -0.15) is 0 Å². The number of benzene rings is 4. The van der Waals surface area contributed by atoms with E-state index in [9.17, 15) is 4.79 Å². The number of fused-ring (bicyclic) bond motifs is 7. The monoisotopic (exact) mass is 408 g/mol. The van der Waals surface area contributed by atoms with E-state index in [1.165, 1.54) is 5.39 Å². The van der Waals surface area contributed by atoms with E-state index in [4.69, 9.17) is 14.7 Å². The number of esters is 1. The number of rotatable bonds is 6. The van der Waals surface area contributed by atoms with Crippen LogP contribution in [-0.2, 0) is 4.79 Å². The van der Waals surface area contributed by atoms with Gasteiger partial charge in [-0.1, -0.05) is 74.7 Å². The summed E-state index contributed by atoms with van der Waals surface area (Å²) in [5.41, 5.74) is 3.27. The molecule has 31 heavy (non-hydrogen) atoms. The summed E-state index contributed by atoms with van der Waals surface area (Å²) in [7, 11) is 0. The fourth-order valence-corrected chi connectivity index (χ4v) is 4.20. The predicted molar refractivity (Wildman–Crippen MR) is 126 cm³/mol. The third-order valence-corrected chi connectivity index (χ3v) is 5.76. The van der Waals surface area contributed by atoms with E-state index >= 15 is 0 Å². The zero-order chi connectivity index (χ0) is 21.2. The van der Waals surface area contributed by atoms with Crippen molar-refractivity contribution in [3.63, 3.8) is 0 Å². The summed E-state index contributed by atoms with van der Waals surface area (Å²) in [5.74, 6) is 0.326. The quantitative estimate of drug-likeness (QED) is 0.100. The highest BCUT2D eigenvalue weighted by Gasteiger charge is 2.13. The zero-order valence-corrected chi connectivity index (χ0v) is 17.6. The molecule has 0 saturated carbocycles. The number of ether oxygens (including phenoxy) is 1. The van der Waals surface area contributed by atoms with Crippen LogP contribution in [0, 0.1) is 0 Å². The number of hydrogen-bond donors (Lipinski definition) is 0. The maximum absolute atomic E-state index is 12.2. The highest BCUT2D eigenvalue weighted by Crippen LogP contribution is 2.34. The van der Waals surface area contributed by atoms with E-state index in [1.54, 1.807) is 6.07 Å². The van der Waals surface area contributed by atoms with Gasteiger partial charge in [-0.3, -0.25) is 4.79 Å². The molecular formula is C27H24N2O2. The maximum atomic E-state index is 12.2. The minimum absolute atomic E-state index is 0.194. The first-order valence-corrected chi connectivity index (χ1v) is 11.0. The first-order chi connectivity index (χ1) is 15.2. The van der Waals surface area contributed by atoms with Crippen molar-refractivity contribution in [2.75, 3.05) is 0 Å². The molecule has 0 fully saturated rings. The first kappa shape index (κ1) is 19.4. The summed E-state index contributed by atoms with van der Waals surface area (Å²) in [6.07, 6.45) is 4.66. The average Bonchev–Trinajstić information content (AvgIpc) is 2.81. The van der Waals surface area contributed by atoms with Gasteiger partial charge in [-0.15, -0.1) is 0 Å². The van der Waals surface area contributed by atoms with Gasteiger partial charge in [0.2, 0.25) is 0 Å². The fraction of sp³-hybridized carbons (Fsp3) is 0.222. The van der Waals surface area contributed by atoms with Gasteiger partial charge < -0.3 is 4.74 Å². The van der Waals surface area contributed by atoms with Gasteiger partial charge in [0.05, 0.1) is 22.1 Å². The Morgan fingerprint density at radius 1 is 0.742 bits per heavy atom. The summed E-state index contributed by atoms with van der Waals surface area (Å²) in [6.45, 7) is 2.16. The van der Waals surface area contributed by atoms with Crippen LogP contribution >= 0.6 is 0 Å². The van der Waals surface area contributed by atoms with Crippen molar-refractivity contribution < 1.29 is 9.53 Å². The predicted octanol–water partition coefficient (Wildman–Crippen LogP) is 6.97. The lowest BCUT2D eigenvalue weighted by atomic mass is 9.99. The highest BCUT2D eigenvalue weighted by atomic mass is 16.5. The van der Waals surface area contributed by atoms with E-state index in [0.29, 0.717) is 12.2 Å². The van der Waals surface area contributed by atoms with Crippen molar-refractivity contribution in [2.45, 2.75) is 39.0 Å². The van der Waals surface area contributed by atoms with Crippen LogP contribution in [0.25, 0.3) is 43.6 Å². The Labute approximate surface area is 180 Å². The normalized spacial score (nSPS) is 11.5. The second kappa shape index (κ2) is 8.31. The highest BCUT2D eigenvalue weighted by molar-refractivity contribution is 6.23. The Bertz CT molecular complexity index is 1430. The SMILES string of the molecule is CCCCCCC(=O)Oc1ccc2nc3c4ccccc4c4ccccc4c3nc2c1. The van der Waals surface area contributed by atoms with Crippen LogP contribution in [-0.4, -0.2) is 15.9 Å². The standard InChI is InChI=1S/C27H24N2O2/c1-2-3-4-5-14-25(30)31-18-15-16-23-24(17-18)29-27-22-13-9-7-11-20(22)19-10-6-8-12-21(19)26(27)28-23/h6-13,15-17H,2-5,14H2,1H3. The van der Waals surface area contributed by atoms with Gasteiger partial charge in [0.1, 0.15) is 5.75 Å². The van der Waals surface area contributed by atoms with Crippen molar-refractivity contribution in [3.05, 3.63) is 66.7 Å². The molecule has 0 N–H and O–H groups in total. The molecule has 0 saturated heterocycles. The minimum atomic E-state index is -0.194. The molecule has 0 aliphatic heterocycles. The summed E-state index contributed by atoms with van der Waals surface area (Å²) in [5, 5.41) is 4.50. The Hall–Kier alpha value is -3.53. The van der Waals surface area contributed by atoms with Crippen molar-refractivity contribution in [1.29, 1.82) is 0 Å². The maximum Gasteiger partial charge on any atom is 0.311 e. The zero-order valence-electron chi connectivity index (χ0n) is 17.6. The molecule has 0 aliphatic rings. The molecule has 0 bridgehead atoms. The number of aromatic nitrogens is 2. The summed E-state index contributed by atoms with van der Waals surface area (Å²) < 4.78 is 5.57. The second-order valence-corrected chi connectivity index (χ2v) is 7.95. The van der Waals surface area contributed by atoms with Crippen LogP contribution in [0.2, 0.25) is 0 Å². The third kappa shape index (κ3) is 3.70. The van der Waals surface area contributed by atoms with Crippen LogP contribution in [0.5, 0.6) is 5.75 Å². The lowest BCUT2D eigenvalue weighted by Crippen LogP contribution is -2.07. The van der Waals surface area contributed by atoms with Crippen LogP contribution in [0.3, 0.4) is 0 Å². The molecule has 4 aromatic carbocycles. The van der Waals surface area contributed by atoms with E-state index < -0.39 is 0 Å². The van der Waals surface area contributed by atoms with Gasteiger partial charge in [-0.05, 0) is 29.3 Å². The third-order valence-electron chi connectivity index (χ3n) is 5.76. The molecule has 0 unspecified atom stereocenters. The fourth-order valence-electron chi connectivity index (χ4n) is 4.20. The van der Waals surface area contributed by atoms with Gasteiger partial charge in [-0.25, -0.2) is 9.97 Å². The molecule has 1 heterocycles. The smallest absolute Gasteiger partial charge is 0.311 e. The Kier molecular flexibility index (Phi) is 5.21. The lowest BCUT2D eigenvalue weighted by molar-refractivity contribution is -0.134. The molecule has 0 amide bonds. The summed E-state index contributed by atoms with van der Waals surface area (Å²) in [4.78, 5) is 22.1. The Morgan fingerprint density at radius 2 is 1.35 bits per heavy atom. The van der Waals surface area contributed by atoms with Gasteiger partial charge in [0.15, 0.2) is 0 Å². The van der Waals surface area contributed by atoms with Crippen LogP contribution in [0.4, 0.5) is 0 Å². The minimum Gasteiger partial charge on any atom is -0.426 e. The molecule has 0 atom stereocenters. The topological polar surface area (TPSA) is 52.1 Å². The summed E-state index contributed by atoms with van der Waals surface area (Å²) in [6, 6.07) is 22.1. The number of carbonyl (C=O) groups is 1. The first-order valence-electron chi connectivity index (χ1n) is 11.0. The van der Waals surface area contributed by atoms with E-state index in [2.05, 4.69) is 37.3 Å². The average molecular weight is 409 g/mol. The van der Waals surface area contributed by atoms with E-state index in [0.717, 1.165) is 63.9 Å². The number of hydrogen-bond acceptors (Lipinski definition) is 4. The molecule has 0 radical (unpaired) electrons. The largest absolute Gasteiger partial charge is 0.426 e. The molecule has 0 spiro atoms. The molecule has 4 nitrogen and oxygen atoms in total. The van der Waals surface area contributed by atoms with Crippen LogP contribution in [0.1, 0.15) is 39.0 Å². The summed E-state index contributed by atoms with van der Waals surface area (Å²) >= 11 is 0. The molecule has 1 aromatic heterocycles. The van der Waals surface area contributed by atoms with Gasteiger partial charge in [0, 0.05) is 23.3 Å². The van der Waals surface area contributed by atoms with Crippen molar-refractivity contribution in [3.8, 4) is 5.75 Å². The molecule has 0 aliphatic carbocycles. The van der Waals surface area contributed by atoms with E-state index in [-0.39, 0.29) is 5.97 Å². The van der Waals surface area contributed by atoms with Crippen LogP contribution < -0.4 is 4.74 Å². The van der Waals surface area contributed by atoms with E-state index in [1.807, 2.05) is 30.3 Å². The van der Waals surface area contributed by atoms with Crippen molar-refractivity contribution in [2.24, 2.45) is 0 Å². The molecule has 4 heteroatoms. The Balaban J connectivity index is 1.58. The number of carbonyl (C=O) groups excluding carboxylic acids is 1. The Morgan fingerprint density at radius 3 is 2.00 bits per heavy atom. The lowest BCUT2D eigenvalue weighted by Gasteiger charge is -2.10. The van der Waals surface area contributed by atoms with Crippen molar-refractivity contribution >= 4 is 49.6 Å². The molecule has 5 aromatic rings. The second-order valence-electron chi connectivity index (χ2n) is 7.95. The van der Waals surface area contributed by atoms with Crippen LogP contribution in [0.15, 0.2) is 66.7 Å². The molecule has 5 rings (SSSR count). The van der Waals surface area contributed by atoms with Gasteiger partial charge in [0.25, 0.3) is 0 Å². The molecule has 154 valence electrons. The molecular weight excluding hydrogens is 384 g/mol. The number of nitrogens with zero attached hydrogens (tertiary/aromatic N) is 2.